The minimum atomic E-state index is -0.697. The van der Waals surface area contributed by atoms with Crippen LogP contribution in [0.2, 0.25) is 0 Å². The number of Topliss-reactive ketones (excluding diaryl/α,β-unsaturated/α-hetero) is 1. The van der Waals surface area contributed by atoms with Gasteiger partial charge >= 0.3 is 5.97 Å². The average Bonchev–Trinajstić information content (AvgIpc) is 2.91. The van der Waals surface area contributed by atoms with E-state index in [9.17, 15) is 24.6 Å². The predicted molar refractivity (Wildman–Crippen MR) is 109 cm³/mol. The summed E-state index contributed by atoms with van der Waals surface area (Å²) in [6, 6.07) is 0. The van der Waals surface area contributed by atoms with Gasteiger partial charge in [0.15, 0.2) is 11.6 Å². The Bertz CT molecular complexity index is 897. The maximum absolute atomic E-state index is 12.6. The molecule has 8 atom stereocenters. The molecule has 0 bridgehead atoms. The maximum atomic E-state index is 12.6. The largest absolute Gasteiger partial charge is 0.427 e. The van der Waals surface area contributed by atoms with Gasteiger partial charge in [0.05, 0.1) is 6.10 Å². The van der Waals surface area contributed by atoms with Crippen molar-refractivity contribution in [1.82, 2.24) is 0 Å². The number of esters is 1. The van der Waals surface area contributed by atoms with Crippen LogP contribution in [-0.4, -0.2) is 40.5 Å². The normalized spacial score (nSPS) is 44.4. The molecular formula is C24H30O6. The van der Waals surface area contributed by atoms with Crippen LogP contribution < -0.4 is 0 Å². The summed E-state index contributed by atoms with van der Waals surface area (Å²) in [6.45, 7) is 6.90. The highest BCUT2D eigenvalue weighted by atomic mass is 16.5. The lowest BCUT2D eigenvalue weighted by molar-refractivity contribution is -0.140. The standard InChI is InChI=1S/C24H30O6/c1-12-7-16-15-9-20(30-13(2)26)17-8-14(27)5-6-23(17,3)22(15)18(28)10-24(16,4)21(12)19(29)11-25/h5-6,8-9,12,15-16,18,21-22,25,28H,7,10-11H2,1-4H3/t12?,15-,16-,18?,21+,22+,23-,24-/m0/s1. The number of carbonyl (C=O) groups is 3. The third kappa shape index (κ3) is 2.88. The summed E-state index contributed by atoms with van der Waals surface area (Å²) in [5.74, 6) is -0.872. The predicted octanol–water partition coefficient (Wildman–Crippen LogP) is 2.36. The number of ketones is 2. The van der Waals surface area contributed by atoms with E-state index in [0.29, 0.717) is 17.8 Å². The summed E-state index contributed by atoms with van der Waals surface area (Å²) >= 11 is 0. The molecule has 2 fully saturated rings. The lowest BCUT2D eigenvalue weighted by atomic mass is 9.48. The first-order valence-corrected chi connectivity index (χ1v) is 10.7. The number of allylic oxidation sites excluding steroid dienone is 5. The fourth-order valence-corrected chi connectivity index (χ4v) is 7.28. The Hall–Kier alpha value is -2.05. The van der Waals surface area contributed by atoms with Crippen LogP contribution in [0.1, 0.15) is 40.5 Å². The van der Waals surface area contributed by atoms with Crippen molar-refractivity contribution in [2.75, 3.05) is 6.61 Å². The molecule has 0 aromatic carbocycles. The number of hydrogen-bond acceptors (Lipinski definition) is 6. The zero-order valence-electron chi connectivity index (χ0n) is 17.9. The monoisotopic (exact) mass is 414 g/mol. The SMILES string of the molecule is CC(=O)OC1=C[C@H]2[C@@H]3CC(C)[C@H](C(=O)CO)[C@@]3(C)CC(O)[C@@H]2[C@@]2(C)C=CC(=O)C=C12. The van der Waals surface area contributed by atoms with Gasteiger partial charge in [0.1, 0.15) is 12.4 Å². The second-order valence-corrected chi connectivity index (χ2v) is 10.0. The summed E-state index contributed by atoms with van der Waals surface area (Å²) in [5, 5.41) is 20.9. The molecule has 162 valence electrons. The molecule has 6 heteroatoms. The Labute approximate surface area is 176 Å². The van der Waals surface area contributed by atoms with E-state index in [1.54, 1.807) is 0 Å². The van der Waals surface area contributed by atoms with Gasteiger partial charge in [0.25, 0.3) is 0 Å². The fourth-order valence-electron chi connectivity index (χ4n) is 7.28. The van der Waals surface area contributed by atoms with Crippen LogP contribution in [-0.2, 0) is 19.1 Å². The Morgan fingerprint density at radius 3 is 2.63 bits per heavy atom. The highest BCUT2D eigenvalue weighted by Crippen LogP contribution is 2.66. The van der Waals surface area contributed by atoms with Crippen molar-refractivity contribution in [2.24, 2.45) is 40.4 Å². The molecule has 4 rings (SSSR count). The van der Waals surface area contributed by atoms with E-state index in [1.165, 1.54) is 19.1 Å². The molecule has 0 amide bonds. The molecule has 6 nitrogen and oxygen atoms in total. The highest BCUT2D eigenvalue weighted by Gasteiger charge is 2.64. The number of carbonyl (C=O) groups excluding carboxylic acids is 3. The number of rotatable bonds is 3. The second kappa shape index (κ2) is 6.99. The van der Waals surface area contributed by atoms with Gasteiger partial charge in [0, 0.05) is 29.7 Å². The second-order valence-electron chi connectivity index (χ2n) is 10.0. The van der Waals surface area contributed by atoms with Crippen LogP contribution in [0.15, 0.2) is 35.6 Å². The maximum Gasteiger partial charge on any atom is 0.308 e. The van der Waals surface area contributed by atoms with E-state index in [1.807, 2.05) is 32.9 Å². The zero-order valence-corrected chi connectivity index (χ0v) is 17.9. The molecular weight excluding hydrogens is 384 g/mol. The molecule has 0 aliphatic heterocycles. The van der Waals surface area contributed by atoms with E-state index in [-0.39, 0.29) is 41.2 Å². The number of aliphatic hydroxyl groups is 2. The molecule has 0 heterocycles. The summed E-state index contributed by atoms with van der Waals surface area (Å²) in [7, 11) is 0. The molecule has 0 radical (unpaired) electrons. The van der Waals surface area contributed by atoms with Gasteiger partial charge in [-0.1, -0.05) is 26.8 Å². The lowest BCUT2D eigenvalue weighted by Crippen LogP contribution is -2.56. The van der Waals surface area contributed by atoms with Crippen LogP contribution in [0.4, 0.5) is 0 Å². The van der Waals surface area contributed by atoms with Gasteiger partial charge < -0.3 is 14.9 Å². The van der Waals surface area contributed by atoms with Crippen molar-refractivity contribution in [3.05, 3.63) is 35.6 Å². The van der Waals surface area contributed by atoms with Gasteiger partial charge in [-0.3, -0.25) is 14.4 Å². The smallest absolute Gasteiger partial charge is 0.308 e. The van der Waals surface area contributed by atoms with Crippen molar-refractivity contribution >= 4 is 17.5 Å². The summed E-state index contributed by atoms with van der Waals surface area (Å²) in [6.07, 6.45) is 7.31. The molecule has 30 heavy (non-hydrogen) atoms. The van der Waals surface area contributed by atoms with Crippen LogP contribution in [0.25, 0.3) is 0 Å². The number of hydrogen-bond donors (Lipinski definition) is 2. The number of fused-ring (bicyclic) bond motifs is 5. The van der Waals surface area contributed by atoms with Crippen LogP contribution in [0.3, 0.4) is 0 Å². The van der Waals surface area contributed by atoms with Gasteiger partial charge in [-0.2, -0.15) is 0 Å². The molecule has 2 saturated carbocycles. The Morgan fingerprint density at radius 2 is 2.00 bits per heavy atom. The lowest BCUT2D eigenvalue weighted by Gasteiger charge is -2.57. The van der Waals surface area contributed by atoms with Crippen molar-refractivity contribution in [3.8, 4) is 0 Å². The van der Waals surface area contributed by atoms with E-state index >= 15 is 0 Å². The minimum absolute atomic E-state index is 0.0874. The first-order valence-electron chi connectivity index (χ1n) is 10.7. The first-order chi connectivity index (χ1) is 14.0. The van der Waals surface area contributed by atoms with E-state index in [4.69, 9.17) is 4.74 Å². The first kappa shape index (κ1) is 21.2. The van der Waals surface area contributed by atoms with Crippen LogP contribution in [0, 0.1) is 40.4 Å². The van der Waals surface area contributed by atoms with Gasteiger partial charge in [0.2, 0.25) is 0 Å². The number of ether oxygens (including phenoxy) is 1. The van der Waals surface area contributed by atoms with Gasteiger partial charge in [-0.05, 0) is 54.2 Å². The van der Waals surface area contributed by atoms with Crippen molar-refractivity contribution in [2.45, 2.75) is 46.6 Å². The molecule has 4 aliphatic carbocycles. The van der Waals surface area contributed by atoms with E-state index in [2.05, 4.69) is 0 Å². The van der Waals surface area contributed by atoms with Crippen molar-refractivity contribution in [1.29, 1.82) is 0 Å². The van der Waals surface area contributed by atoms with Gasteiger partial charge in [-0.15, -0.1) is 0 Å². The fraction of sp³-hybridized carbons (Fsp3) is 0.625. The molecule has 0 aromatic rings. The molecule has 0 aromatic heterocycles. The zero-order chi connectivity index (χ0) is 22.0. The van der Waals surface area contributed by atoms with Crippen molar-refractivity contribution < 1.29 is 29.3 Å². The minimum Gasteiger partial charge on any atom is -0.427 e. The molecule has 0 spiro atoms. The van der Waals surface area contributed by atoms with E-state index < -0.39 is 29.5 Å². The molecule has 4 aliphatic rings. The van der Waals surface area contributed by atoms with Gasteiger partial charge in [-0.25, -0.2) is 0 Å². The summed E-state index contributed by atoms with van der Waals surface area (Å²) < 4.78 is 5.54. The topological polar surface area (TPSA) is 101 Å². The Balaban J connectivity index is 1.86. The average molecular weight is 414 g/mol. The molecule has 0 saturated heterocycles. The Kier molecular flexibility index (Phi) is 4.94. The molecule has 2 unspecified atom stereocenters. The highest BCUT2D eigenvalue weighted by molar-refractivity contribution is 6.02. The summed E-state index contributed by atoms with van der Waals surface area (Å²) in [4.78, 5) is 36.5. The van der Waals surface area contributed by atoms with Crippen molar-refractivity contribution in [3.63, 3.8) is 0 Å². The third-order valence-corrected chi connectivity index (χ3v) is 8.21. The summed E-state index contributed by atoms with van der Waals surface area (Å²) in [5.41, 5.74) is -0.479. The quantitative estimate of drug-likeness (QED) is 0.688. The van der Waals surface area contributed by atoms with E-state index in [0.717, 1.165) is 6.42 Å². The molecule has 2 N–H and O–H groups in total. The Morgan fingerprint density at radius 1 is 1.30 bits per heavy atom. The third-order valence-electron chi connectivity index (χ3n) is 8.21. The number of aliphatic hydroxyl groups excluding tert-OH is 2. The van der Waals surface area contributed by atoms with Crippen LogP contribution >= 0.6 is 0 Å². The van der Waals surface area contributed by atoms with Crippen LogP contribution in [0.5, 0.6) is 0 Å².